The number of carbonyl (C=O) groups excluding carboxylic acids is 2. The van der Waals surface area contributed by atoms with Crippen LogP contribution in [0, 0.1) is 0 Å². The second-order valence-electron chi connectivity index (χ2n) is 17.0. The van der Waals surface area contributed by atoms with Crippen molar-refractivity contribution in [3.63, 3.8) is 0 Å². The Labute approximate surface area is 386 Å². The number of piperidine rings is 2. The predicted octanol–water partition coefficient (Wildman–Crippen LogP) is 9.14. The van der Waals surface area contributed by atoms with E-state index >= 15 is 0 Å². The van der Waals surface area contributed by atoms with Crippen molar-refractivity contribution in [3.8, 4) is 0 Å². The van der Waals surface area contributed by atoms with Gasteiger partial charge in [-0.2, -0.15) is 0 Å². The number of rotatable bonds is 18. The van der Waals surface area contributed by atoms with Crippen LogP contribution in [0.4, 0.5) is 5.82 Å². The minimum atomic E-state index is -0.342. The van der Waals surface area contributed by atoms with Crippen LogP contribution in [0.5, 0.6) is 0 Å². The molecule has 348 valence electrons. The van der Waals surface area contributed by atoms with Crippen molar-refractivity contribution in [2.75, 3.05) is 65.5 Å². The molecule has 65 heavy (non-hydrogen) atoms. The van der Waals surface area contributed by atoms with Crippen molar-refractivity contribution in [2.24, 2.45) is 0 Å². The van der Waals surface area contributed by atoms with Crippen molar-refractivity contribution < 1.29 is 28.5 Å². The molecule has 0 radical (unpaired) electrons. The second-order valence-corrected chi connectivity index (χ2v) is 17.0. The van der Waals surface area contributed by atoms with E-state index in [9.17, 15) is 9.59 Å². The first kappa shape index (κ1) is 49.2. The third kappa shape index (κ3) is 14.4. The Bertz CT molecular complexity index is 2180. The van der Waals surface area contributed by atoms with Crippen molar-refractivity contribution in [1.82, 2.24) is 24.8 Å². The molecule has 0 aliphatic carbocycles. The van der Waals surface area contributed by atoms with Gasteiger partial charge in [-0.1, -0.05) is 74.2 Å². The van der Waals surface area contributed by atoms with Crippen LogP contribution in [0.2, 0.25) is 0 Å². The number of anilines is 1. The van der Waals surface area contributed by atoms with Gasteiger partial charge in [0, 0.05) is 68.9 Å². The summed E-state index contributed by atoms with van der Waals surface area (Å²) >= 11 is 0. The molecule has 2 saturated heterocycles. The van der Waals surface area contributed by atoms with Crippen LogP contribution in [-0.4, -0.2) is 109 Å². The van der Waals surface area contributed by atoms with Crippen molar-refractivity contribution in [1.29, 1.82) is 0 Å². The van der Waals surface area contributed by atoms with E-state index < -0.39 is 0 Å². The fourth-order valence-electron chi connectivity index (χ4n) is 9.04. The SMILES string of the molecule is C.COC(=O)C(c1ccccc1)N1CCC(OCCCCc2ccc3c(n2)NCCC3)CC1.COC(=O)C(c1ccccc1)N1CCC(OCCCCc2ccc3cccnc3n2)CC1. The molecule has 3 aromatic heterocycles. The van der Waals surface area contributed by atoms with E-state index in [-0.39, 0.29) is 43.7 Å². The van der Waals surface area contributed by atoms with E-state index in [1.165, 1.54) is 31.9 Å². The Morgan fingerprint density at radius 3 is 1.71 bits per heavy atom. The molecule has 2 atom stereocenters. The minimum Gasteiger partial charge on any atom is -0.468 e. The van der Waals surface area contributed by atoms with Gasteiger partial charge in [-0.15, -0.1) is 0 Å². The Morgan fingerprint density at radius 2 is 1.17 bits per heavy atom. The van der Waals surface area contributed by atoms with Crippen LogP contribution < -0.4 is 5.32 Å². The summed E-state index contributed by atoms with van der Waals surface area (Å²) in [4.78, 5) is 43.0. The highest BCUT2D eigenvalue weighted by atomic mass is 16.5. The summed E-state index contributed by atoms with van der Waals surface area (Å²) in [5, 5.41) is 4.49. The van der Waals surface area contributed by atoms with Gasteiger partial charge in [0.2, 0.25) is 0 Å². The standard InChI is InChI=1S/C26H35N3O3.C26H31N3O3.CH4/c2*1-31-26(30)24(20-8-3-2-4-9-20)29-17-14-23(15-18-29)32-19-6-5-11-22-13-12-21-10-7-16-27-25(21)28-22;/h2-4,8-9,12-13,23-24H,5-7,10-11,14-19H2,1H3,(H,27,28);2-4,7-10,12-13,16,23-24H,5-6,11,14-15,17-19H2,1H3;1H4. The minimum absolute atomic E-state index is 0. The lowest BCUT2D eigenvalue weighted by Crippen LogP contribution is -2.42. The van der Waals surface area contributed by atoms with E-state index in [0.717, 1.165) is 150 Å². The number of methoxy groups -OCH3 is 2. The Balaban J connectivity index is 0.000000212. The van der Waals surface area contributed by atoms with Gasteiger partial charge in [0.25, 0.3) is 0 Å². The zero-order chi connectivity index (χ0) is 44.4. The number of unbranched alkanes of at least 4 members (excludes halogenated alkanes) is 2. The average molecular weight is 887 g/mol. The van der Waals surface area contributed by atoms with Gasteiger partial charge in [0.1, 0.15) is 17.9 Å². The normalized spacial score (nSPS) is 16.8. The molecule has 12 heteroatoms. The average Bonchev–Trinajstić information content (AvgIpc) is 3.35. The number of aryl methyl sites for hydroxylation is 3. The molecule has 2 unspecified atom stereocenters. The van der Waals surface area contributed by atoms with Crippen LogP contribution in [0.3, 0.4) is 0 Å². The number of hydrogen-bond acceptors (Lipinski definition) is 12. The number of esters is 2. The van der Waals surface area contributed by atoms with Gasteiger partial charge in [0.15, 0.2) is 5.65 Å². The maximum atomic E-state index is 12.4. The molecule has 0 spiro atoms. The smallest absolute Gasteiger partial charge is 0.327 e. The van der Waals surface area contributed by atoms with E-state index in [0.29, 0.717) is 0 Å². The first-order valence-corrected chi connectivity index (χ1v) is 23.4. The number of nitrogens with one attached hydrogen (secondary N) is 1. The van der Waals surface area contributed by atoms with Gasteiger partial charge >= 0.3 is 11.9 Å². The quantitative estimate of drug-likeness (QED) is 0.0666. The Kier molecular flexibility index (Phi) is 19.7. The zero-order valence-corrected chi connectivity index (χ0v) is 37.7. The number of benzene rings is 2. The summed E-state index contributed by atoms with van der Waals surface area (Å²) in [6.07, 6.45) is 14.5. The van der Waals surface area contributed by atoms with E-state index in [1.54, 1.807) is 6.20 Å². The first-order chi connectivity index (χ1) is 31.5. The highest BCUT2D eigenvalue weighted by Crippen LogP contribution is 2.29. The molecule has 2 aromatic carbocycles. The molecule has 3 aliphatic rings. The molecule has 2 fully saturated rings. The molecule has 5 aromatic rings. The van der Waals surface area contributed by atoms with Crippen LogP contribution in [0.25, 0.3) is 11.0 Å². The molecule has 12 nitrogen and oxygen atoms in total. The molecule has 0 bridgehead atoms. The van der Waals surface area contributed by atoms with Crippen LogP contribution in [0.15, 0.2) is 103 Å². The highest BCUT2D eigenvalue weighted by Gasteiger charge is 2.33. The lowest BCUT2D eigenvalue weighted by molar-refractivity contribution is -0.149. The number of ether oxygens (including phenoxy) is 4. The third-order valence-corrected chi connectivity index (χ3v) is 12.6. The maximum Gasteiger partial charge on any atom is 0.327 e. The summed E-state index contributed by atoms with van der Waals surface area (Å²) in [6.45, 7) is 5.90. The number of carbonyl (C=O) groups is 2. The van der Waals surface area contributed by atoms with E-state index in [4.69, 9.17) is 23.9 Å². The van der Waals surface area contributed by atoms with Gasteiger partial charge in [-0.3, -0.25) is 9.80 Å². The lowest BCUT2D eigenvalue weighted by atomic mass is 10.0. The summed E-state index contributed by atoms with van der Waals surface area (Å²) in [6, 6.07) is 31.6. The monoisotopic (exact) mass is 887 g/mol. The summed E-state index contributed by atoms with van der Waals surface area (Å²) < 4.78 is 22.5. The predicted molar refractivity (Wildman–Crippen MR) is 257 cm³/mol. The third-order valence-electron chi connectivity index (χ3n) is 12.6. The molecule has 0 saturated carbocycles. The summed E-state index contributed by atoms with van der Waals surface area (Å²) in [5.74, 6) is 0.687. The summed E-state index contributed by atoms with van der Waals surface area (Å²) in [7, 11) is 2.92. The van der Waals surface area contributed by atoms with Crippen molar-refractivity contribution in [3.05, 3.63) is 131 Å². The van der Waals surface area contributed by atoms with Gasteiger partial charge in [-0.25, -0.2) is 24.5 Å². The fraction of sp³-hybridized carbons (Fsp3) is 0.491. The summed E-state index contributed by atoms with van der Waals surface area (Å²) in [5.41, 5.74) is 6.38. The largest absolute Gasteiger partial charge is 0.468 e. The zero-order valence-electron chi connectivity index (χ0n) is 37.7. The van der Waals surface area contributed by atoms with Crippen LogP contribution in [-0.2, 0) is 47.8 Å². The number of pyridine rings is 3. The van der Waals surface area contributed by atoms with Gasteiger partial charge in [0.05, 0.1) is 26.4 Å². The molecule has 1 N–H and O–H groups in total. The number of aromatic nitrogens is 3. The van der Waals surface area contributed by atoms with Crippen molar-refractivity contribution in [2.45, 2.75) is 109 Å². The number of nitrogens with zero attached hydrogens (tertiary/aromatic N) is 5. The second kappa shape index (κ2) is 26.0. The van der Waals surface area contributed by atoms with Gasteiger partial charge in [-0.05, 0) is 124 Å². The van der Waals surface area contributed by atoms with E-state index in [2.05, 4.69) is 49.4 Å². The van der Waals surface area contributed by atoms with Gasteiger partial charge < -0.3 is 24.3 Å². The number of likely N-dealkylation sites (tertiary alicyclic amines) is 2. The topological polar surface area (TPSA) is 128 Å². The molecular weight excluding hydrogens is 817 g/mol. The molecule has 3 aliphatic heterocycles. The highest BCUT2D eigenvalue weighted by molar-refractivity contribution is 5.78. The van der Waals surface area contributed by atoms with Crippen molar-refractivity contribution >= 4 is 28.8 Å². The Morgan fingerprint density at radius 1 is 0.646 bits per heavy atom. The van der Waals surface area contributed by atoms with E-state index in [1.807, 2.05) is 72.8 Å². The number of hydrogen-bond donors (Lipinski definition) is 1. The molecule has 0 amide bonds. The molecule has 6 heterocycles. The Hall–Kier alpha value is -5.27. The molecular formula is C53H70N6O6. The number of fused-ring (bicyclic) bond motifs is 2. The fourth-order valence-corrected chi connectivity index (χ4v) is 9.04. The van der Waals surface area contributed by atoms with Crippen LogP contribution >= 0.6 is 0 Å². The lowest BCUT2D eigenvalue weighted by Gasteiger charge is -2.36. The molecule has 8 rings (SSSR count). The first-order valence-electron chi connectivity index (χ1n) is 23.4. The van der Waals surface area contributed by atoms with Crippen LogP contribution in [0.1, 0.15) is 105 Å². The maximum absolute atomic E-state index is 12.4.